The van der Waals surface area contributed by atoms with Crippen LogP contribution in [0.2, 0.25) is 0 Å². The van der Waals surface area contributed by atoms with E-state index < -0.39 is 41.6 Å². The topological polar surface area (TPSA) is 134 Å². The molecule has 8 nitrogen and oxygen atoms in total. The highest BCUT2D eigenvalue weighted by Gasteiger charge is 2.48. The van der Waals surface area contributed by atoms with Gasteiger partial charge in [0, 0.05) is 29.2 Å². The van der Waals surface area contributed by atoms with E-state index in [4.69, 9.17) is 9.47 Å². The van der Waals surface area contributed by atoms with Gasteiger partial charge in [0.15, 0.2) is 12.1 Å². The highest BCUT2D eigenvalue weighted by Crippen LogP contribution is 2.53. The minimum Gasteiger partial charge on any atom is -0.508 e. The van der Waals surface area contributed by atoms with Gasteiger partial charge in [-0.2, -0.15) is 0 Å². The Morgan fingerprint density at radius 2 is 1.69 bits per heavy atom. The molecule has 5 rings (SSSR count). The zero-order chi connectivity index (χ0) is 18.3. The van der Waals surface area contributed by atoms with Gasteiger partial charge in [0.1, 0.15) is 23.0 Å². The third-order valence-electron chi connectivity index (χ3n) is 5.04. The van der Waals surface area contributed by atoms with Gasteiger partial charge in [-0.15, -0.1) is 0 Å². The molecule has 4 N–H and O–H groups in total. The molecule has 0 saturated carbocycles. The Morgan fingerprint density at radius 3 is 2.46 bits per heavy atom. The van der Waals surface area contributed by atoms with Crippen LogP contribution in [0.1, 0.15) is 49.7 Å². The molecule has 26 heavy (non-hydrogen) atoms. The fraction of sp³-hybridized carbons (Fsp3) is 0.222. The fourth-order valence-corrected chi connectivity index (χ4v) is 3.95. The van der Waals surface area contributed by atoms with Crippen LogP contribution in [0.4, 0.5) is 0 Å². The summed E-state index contributed by atoms with van der Waals surface area (Å²) in [7, 11) is 0. The molecule has 2 aliphatic heterocycles. The molecule has 132 valence electrons. The third kappa shape index (κ3) is 1.74. The monoisotopic (exact) mass is 356 g/mol. The van der Waals surface area contributed by atoms with Crippen LogP contribution < -0.4 is 4.74 Å². The van der Waals surface area contributed by atoms with Gasteiger partial charge < -0.3 is 29.9 Å². The van der Waals surface area contributed by atoms with Gasteiger partial charge in [-0.25, -0.2) is 0 Å². The van der Waals surface area contributed by atoms with Crippen LogP contribution in [0.15, 0.2) is 18.2 Å². The number of benzene rings is 2. The number of fused-ring (bicyclic) bond motifs is 5. The number of carbonyl (C=O) groups is 2. The Morgan fingerprint density at radius 1 is 0.962 bits per heavy atom. The lowest BCUT2D eigenvalue weighted by molar-refractivity contribution is -0.147. The average molecular weight is 356 g/mol. The molecule has 1 aliphatic carbocycles. The number of hydrogen-bond acceptors (Lipinski definition) is 8. The van der Waals surface area contributed by atoms with E-state index in [1.165, 1.54) is 6.07 Å². The number of carbonyl (C=O) groups excluding carboxylic acids is 2. The Kier molecular flexibility index (Phi) is 2.77. The Bertz CT molecular complexity index is 1020. The number of aliphatic hydroxyl groups is 1. The fourth-order valence-electron chi connectivity index (χ4n) is 3.95. The van der Waals surface area contributed by atoms with E-state index in [2.05, 4.69) is 0 Å². The molecule has 8 heteroatoms. The summed E-state index contributed by atoms with van der Waals surface area (Å²) in [6.07, 6.45) is -1.67. The number of aliphatic hydroxyl groups excluding tert-OH is 1. The van der Waals surface area contributed by atoms with Gasteiger partial charge in [-0.3, -0.25) is 9.59 Å². The van der Waals surface area contributed by atoms with E-state index in [0.717, 1.165) is 12.1 Å². The molecule has 0 amide bonds. The molecule has 2 aromatic carbocycles. The summed E-state index contributed by atoms with van der Waals surface area (Å²) in [6, 6.07) is 3.40. The van der Waals surface area contributed by atoms with Crippen molar-refractivity contribution in [1.82, 2.24) is 0 Å². The predicted molar refractivity (Wildman–Crippen MR) is 83.6 cm³/mol. The van der Waals surface area contributed by atoms with E-state index in [1.54, 1.807) is 0 Å². The second-order valence-electron chi connectivity index (χ2n) is 6.52. The Hall–Kier alpha value is -3.10. The van der Waals surface area contributed by atoms with E-state index in [-0.39, 0.29) is 40.2 Å². The largest absolute Gasteiger partial charge is 0.508 e. The minimum absolute atomic E-state index is 0.0794. The molecule has 0 bridgehead atoms. The summed E-state index contributed by atoms with van der Waals surface area (Å²) in [5, 5.41) is 40.0. The number of ether oxygens (including phenoxy) is 2. The number of aromatic hydroxyl groups is 3. The van der Waals surface area contributed by atoms with E-state index in [9.17, 15) is 30.0 Å². The van der Waals surface area contributed by atoms with Crippen molar-refractivity contribution in [2.24, 2.45) is 0 Å². The number of rotatable bonds is 0. The molecular weight excluding hydrogens is 344 g/mol. The van der Waals surface area contributed by atoms with Crippen molar-refractivity contribution in [2.75, 3.05) is 0 Å². The molecule has 3 atom stereocenters. The molecular formula is C18H12O8. The standard InChI is InChI=1S/C18H12O8/c19-5-1-6-12(9(20)2-5)16(23)14-7(15(6)22)3-10-13(17(14)24)8-4-11(21)26-18(8)25-10/h1-3,8,11,18-21,24H,4H2/t8-,11-,18-/m0/s1. The molecule has 1 saturated heterocycles. The maximum atomic E-state index is 12.9. The van der Waals surface area contributed by atoms with Crippen molar-refractivity contribution in [2.45, 2.75) is 24.9 Å². The van der Waals surface area contributed by atoms with Gasteiger partial charge in [0.2, 0.25) is 12.1 Å². The van der Waals surface area contributed by atoms with Crippen molar-refractivity contribution < 1.29 is 39.5 Å². The molecule has 1 fully saturated rings. The quantitative estimate of drug-likeness (QED) is 0.471. The number of phenols is 3. The third-order valence-corrected chi connectivity index (χ3v) is 5.04. The number of hydrogen-bond donors (Lipinski definition) is 4. The molecule has 0 unspecified atom stereocenters. The van der Waals surface area contributed by atoms with Gasteiger partial charge in [-0.1, -0.05) is 0 Å². The first-order chi connectivity index (χ1) is 12.4. The van der Waals surface area contributed by atoms with Gasteiger partial charge in [0.25, 0.3) is 0 Å². The molecule has 2 heterocycles. The summed E-state index contributed by atoms with van der Waals surface area (Å²) in [5.41, 5.74) is -0.428. The van der Waals surface area contributed by atoms with Gasteiger partial charge in [-0.05, 0) is 12.1 Å². The second-order valence-corrected chi connectivity index (χ2v) is 6.52. The smallest absolute Gasteiger partial charge is 0.209 e. The predicted octanol–water partition coefficient (Wildman–Crippen LogP) is 1.12. The minimum atomic E-state index is -1.04. The first kappa shape index (κ1) is 15.2. The maximum absolute atomic E-state index is 12.9. The Balaban J connectivity index is 1.75. The lowest BCUT2D eigenvalue weighted by Crippen LogP contribution is -2.21. The lowest BCUT2D eigenvalue weighted by Gasteiger charge is -2.21. The highest BCUT2D eigenvalue weighted by atomic mass is 16.7. The highest BCUT2D eigenvalue weighted by molar-refractivity contribution is 6.30. The van der Waals surface area contributed by atoms with Crippen LogP contribution in [-0.2, 0) is 4.74 Å². The molecule has 0 radical (unpaired) electrons. The summed E-state index contributed by atoms with van der Waals surface area (Å²) in [4.78, 5) is 25.7. The zero-order valence-corrected chi connectivity index (χ0v) is 13.1. The Labute approximate surface area is 145 Å². The normalized spacial score (nSPS) is 25.3. The van der Waals surface area contributed by atoms with Crippen LogP contribution in [-0.4, -0.2) is 44.6 Å². The lowest BCUT2D eigenvalue weighted by atomic mass is 9.80. The summed E-state index contributed by atoms with van der Waals surface area (Å²) in [6.45, 7) is 0. The molecule has 0 spiro atoms. The average Bonchev–Trinajstić information content (AvgIpc) is 3.06. The molecule has 3 aliphatic rings. The second kappa shape index (κ2) is 4.75. The number of phenolic OH excluding ortho intramolecular Hbond substituents is 3. The van der Waals surface area contributed by atoms with Crippen LogP contribution >= 0.6 is 0 Å². The van der Waals surface area contributed by atoms with Crippen LogP contribution in [0, 0.1) is 0 Å². The van der Waals surface area contributed by atoms with Gasteiger partial charge in [0.05, 0.1) is 17.0 Å². The van der Waals surface area contributed by atoms with E-state index in [1.807, 2.05) is 0 Å². The van der Waals surface area contributed by atoms with E-state index >= 15 is 0 Å². The van der Waals surface area contributed by atoms with Crippen LogP contribution in [0.25, 0.3) is 0 Å². The summed E-state index contributed by atoms with van der Waals surface area (Å²) in [5.74, 6) is -2.93. The summed E-state index contributed by atoms with van der Waals surface area (Å²) >= 11 is 0. The van der Waals surface area contributed by atoms with Crippen LogP contribution in [0.5, 0.6) is 23.0 Å². The number of ketones is 2. The van der Waals surface area contributed by atoms with Crippen molar-refractivity contribution in [1.29, 1.82) is 0 Å². The van der Waals surface area contributed by atoms with Crippen molar-refractivity contribution in [3.05, 3.63) is 46.0 Å². The van der Waals surface area contributed by atoms with E-state index in [0.29, 0.717) is 5.56 Å². The van der Waals surface area contributed by atoms with Crippen molar-refractivity contribution in [3.8, 4) is 23.0 Å². The van der Waals surface area contributed by atoms with Crippen LogP contribution in [0.3, 0.4) is 0 Å². The first-order valence-electron chi connectivity index (χ1n) is 7.92. The van der Waals surface area contributed by atoms with Crippen molar-refractivity contribution in [3.63, 3.8) is 0 Å². The SMILES string of the molecule is O=C1c2cc(O)cc(O)c2C(=O)c2c1cc1c(c2O)[C@@H]2C[C@@H](O)O[C@@H]2O1. The van der Waals surface area contributed by atoms with Crippen molar-refractivity contribution >= 4 is 11.6 Å². The molecule has 2 aromatic rings. The first-order valence-corrected chi connectivity index (χ1v) is 7.92. The maximum Gasteiger partial charge on any atom is 0.209 e. The molecule has 0 aromatic heterocycles. The summed E-state index contributed by atoms with van der Waals surface area (Å²) < 4.78 is 10.8. The van der Waals surface area contributed by atoms with Gasteiger partial charge >= 0.3 is 0 Å². The zero-order valence-electron chi connectivity index (χ0n) is 13.1.